The van der Waals surface area contributed by atoms with E-state index in [1.165, 1.54) is 12.5 Å². The van der Waals surface area contributed by atoms with Crippen molar-refractivity contribution < 1.29 is 19.1 Å². The molecule has 0 saturated heterocycles. The van der Waals surface area contributed by atoms with Crippen LogP contribution in [0.25, 0.3) is 0 Å². The molecule has 0 spiro atoms. The molecular formula is C22H24N2O4. The zero-order valence-electron chi connectivity index (χ0n) is 16.5. The monoisotopic (exact) mass is 380 g/mol. The Kier molecular flexibility index (Phi) is 7.16. The second kappa shape index (κ2) is 9.56. The largest absolute Gasteiger partial charge is 0.479 e. The first kappa shape index (κ1) is 21.0. The van der Waals surface area contributed by atoms with Crippen LogP contribution in [0.3, 0.4) is 0 Å². The number of hydrogen-bond donors (Lipinski definition) is 1. The summed E-state index contributed by atoms with van der Waals surface area (Å²) in [7, 11) is 0. The quantitative estimate of drug-likeness (QED) is 0.744. The summed E-state index contributed by atoms with van der Waals surface area (Å²) in [6.07, 6.45) is -0.877. The lowest BCUT2D eigenvalue weighted by Gasteiger charge is -2.17. The molecule has 2 rings (SSSR count). The predicted molar refractivity (Wildman–Crippen MR) is 105 cm³/mol. The Morgan fingerprint density at radius 3 is 2.36 bits per heavy atom. The summed E-state index contributed by atoms with van der Waals surface area (Å²) < 4.78 is 10.5. The molecular weight excluding hydrogens is 356 g/mol. The smallest absolute Gasteiger partial charge is 0.347 e. The number of nitrogens with one attached hydrogen (secondary N) is 1. The number of carbonyl (C=O) groups is 2. The lowest BCUT2D eigenvalue weighted by atomic mass is 10.0. The molecule has 1 N–H and O–H groups in total. The highest BCUT2D eigenvalue weighted by Crippen LogP contribution is 2.17. The molecule has 0 aliphatic rings. The van der Waals surface area contributed by atoms with Gasteiger partial charge < -0.3 is 14.8 Å². The number of hydrogen-bond acceptors (Lipinski definition) is 5. The Hall–Kier alpha value is -3.33. The zero-order chi connectivity index (χ0) is 20.7. The SMILES string of the molecule is Cc1ccc([C@@H](C)NC(=O)COC(=O)[C@H](C)Oc2ccc(C#N)cc2)cc1C. The lowest BCUT2D eigenvalue weighted by molar-refractivity contribution is -0.154. The van der Waals surface area contributed by atoms with Crippen LogP contribution in [0.4, 0.5) is 0 Å². The Morgan fingerprint density at radius 2 is 1.75 bits per heavy atom. The second-order valence-corrected chi connectivity index (χ2v) is 6.64. The highest BCUT2D eigenvalue weighted by Gasteiger charge is 2.19. The van der Waals surface area contributed by atoms with Crippen molar-refractivity contribution in [1.82, 2.24) is 5.32 Å². The summed E-state index contributed by atoms with van der Waals surface area (Å²) in [5.41, 5.74) is 3.82. The van der Waals surface area contributed by atoms with Crippen molar-refractivity contribution in [3.8, 4) is 11.8 Å². The van der Waals surface area contributed by atoms with E-state index in [1.807, 2.05) is 45.0 Å². The van der Waals surface area contributed by atoms with Gasteiger partial charge in [-0.1, -0.05) is 18.2 Å². The molecule has 0 heterocycles. The number of esters is 1. The minimum atomic E-state index is -0.877. The topological polar surface area (TPSA) is 88.4 Å². The van der Waals surface area contributed by atoms with E-state index in [0.29, 0.717) is 11.3 Å². The van der Waals surface area contributed by atoms with Crippen LogP contribution in [0.2, 0.25) is 0 Å². The lowest BCUT2D eigenvalue weighted by Crippen LogP contribution is -2.34. The van der Waals surface area contributed by atoms with Gasteiger partial charge in [-0.3, -0.25) is 4.79 Å². The van der Waals surface area contributed by atoms with E-state index in [1.54, 1.807) is 24.3 Å². The van der Waals surface area contributed by atoms with E-state index < -0.39 is 12.1 Å². The summed E-state index contributed by atoms with van der Waals surface area (Å²) in [6.45, 7) is 7.08. The van der Waals surface area contributed by atoms with Crippen LogP contribution >= 0.6 is 0 Å². The number of rotatable bonds is 7. The third-order valence-corrected chi connectivity index (χ3v) is 4.38. The van der Waals surface area contributed by atoms with Gasteiger partial charge in [0.15, 0.2) is 12.7 Å². The van der Waals surface area contributed by atoms with E-state index >= 15 is 0 Å². The summed E-state index contributed by atoms with van der Waals surface area (Å²) in [5, 5.41) is 11.6. The van der Waals surface area contributed by atoms with Crippen LogP contribution in [0, 0.1) is 25.2 Å². The molecule has 2 atom stereocenters. The Morgan fingerprint density at radius 1 is 1.07 bits per heavy atom. The van der Waals surface area contributed by atoms with Crippen molar-refractivity contribution in [2.45, 2.75) is 39.8 Å². The van der Waals surface area contributed by atoms with E-state index in [4.69, 9.17) is 14.7 Å². The molecule has 0 bridgehead atoms. The molecule has 6 heteroatoms. The summed E-state index contributed by atoms with van der Waals surface area (Å²) >= 11 is 0. The van der Waals surface area contributed by atoms with E-state index in [9.17, 15) is 9.59 Å². The van der Waals surface area contributed by atoms with Crippen LogP contribution in [-0.4, -0.2) is 24.6 Å². The van der Waals surface area contributed by atoms with Gasteiger partial charge in [-0.05, 0) is 68.7 Å². The maximum atomic E-state index is 12.1. The number of aryl methyl sites for hydroxylation is 2. The number of benzene rings is 2. The molecule has 0 unspecified atom stereocenters. The molecule has 0 fully saturated rings. The maximum absolute atomic E-state index is 12.1. The summed E-state index contributed by atoms with van der Waals surface area (Å²) in [6, 6.07) is 14.2. The standard InChI is InChI=1S/C22H24N2O4/c1-14-5-8-19(11-15(14)2)16(3)24-21(25)13-27-22(26)17(4)28-20-9-6-18(12-23)7-10-20/h5-11,16-17H,13H2,1-4H3,(H,24,25)/t16-,17+/m1/s1. The zero-order valence-corrected chi connectivity index (χ0v) is 16.5. The van der Waals surface area contributed by atoms with Gasteiger partial charge in [0.1, 0.15) is 5.75 Å². The Bertz CT molecular complexity index is 884. The predicted octanol–water partition coefficient (Wildman–Crippen LogP) is 3.36. The molecule has 146 valence electrons. The molecule has 1 amide bonds. The van der Waals surface area contributed by atoms with Crippen molar-refractivity contribution >= 4 is 11.9 Å². The van der Waals surface area contributed by atoms with Gasteiger partial charge in [-0.15, -0.1) is 0 Å². The van der Waals surface area contributed by atoms with Gasteiger partial charge in [0, 0.05) is 0 Å². The number of ether oxygens (including phenoxy) is 2. The molecule has 2 aromatic carbocycles. The van der Waals surface area contributed by atoms with Gasteiger partial charge >= 0.3 is 5.97 Å². The molecule has 2 aromatic rings. The van der Waals surface area contributed by atoms with E-state index in [2.05, 4.69) is 5.32 Å². The number of amides is 1. The summed E-state index contributed by atoms with van der Waals surface area (Å²) in [4.78, 5) is 24.1. The van der Waals surface area contributed by atoms with Gasteiger partial charge in [-0.25, -0.2) is 4.79 Å². The van der Waals surface area contributed by atoms with Crippen LogP contribution in [0.15, 0.2) is 42.5 Å². The fraction of sp³-hybridized carbons (Fsp3) is 0.318. The first-order chi connectivity index (χ1) is 13.3. The minimum Gasteiger partial charge on any atom is -0.479 e. The first-order valence-corrected chi connectivity index (χ1v) is 9.00. The average Bonchev–Trinajstić information content (AvgIpc) is 2.68. The van der Waals surface area contributed by atoms with Crippen LogP contribution in [-0.2, 0) is 14.3 Å². The van der Waals surface area contributed by atoms with Crippen molar-refractivity contribution in [2.75, 3.05) is 6.61 Å². The third-order valence-electron chi connectivity index (χ3n) is 4.38. The minimum absolute atomic E-state index is 0.196. The first-order valence-electron chi connectivity index (χ1n) is 9.00. The average molecular weight is 380 g/mol. The van der Waals surface area contributed by atoms with Crippen LogP contribution in [0.5, 0.6) is 5.75 Å². The molecule has 0 saturated carbocycles. The van der Waals surface area contributed by atoms with Gasteiger partial charge in [0.2, 0.25) is 0 Å². The second-order valence-electron chi connectivity index (χ2n) is 6.64. The fourth-order valence-corrected chi connectivity index (χ4v) is 2.51. The third kappa shape index (κ3) is 5.85. The normalized spacial score (nSPS) is 12.4. The van der Waals surface area contributed by atoms with Crippen molar-refractivity contribution in [3.63, 3.8) is 0 Å². The molecule has 0 radical (unpaired) electrons. The van der Waals surface area contributed by atoms with Crippen molar-refractivity contribution in [1.29, 1.82) is 5.26 Å². The highest BCUT2D eigenvalue weighted by atomic mass is 16.6. The molecule has 0 aliphatic heterocycles. The van der Waals surface area contributed by atoms with E-state index in [-0.39, 0.29) is 18.6 Å². The van der Waals surface area contributed by atoms with Crippen molar-refractivity contribution in [3.05, 3.63) is 64.7 Å². The number of nitriles is 1. The van der Waals surface area contributed by atoms with Gasteiger partial charge in [0.05, 0.1) is 17.7 Å². The fourth-order valence-electron chi connectivity index (χ4n) is 2.51. The number of nitrogens with zero attached hydrogens (tertiary/aromatic N) is 1. The van der Waals surface area contributed by atoms with E-state index in [0.717, 1.165) is 11.1 Å². The number of carbonyl (C=O) groups excluding carboxylic acids is 2. The van der Waals surface area contributed by atoms with Crippen LogP contribution < -0.4 is 10.1 Å². The van der Waals surface area contributed by atoms with Gasteiger partial charge in [0.25, 0.3) is 5.91 Å². The molecule has 0 aromatic heterocycles. The highest BCUT2D eigenvalue weighted by molar-refractivity contribution is 5.82. The van der Waals surface area contributed by atoms with Crippen molar-refractivity contribution in [2.24, 2.45) is 0 Å². The molecule has 0 aliphatic carbocycles. The van der Waals surface area contributed by atoms with Gasteiger partial charge in [-0.2, -0.15) is 5.26 Å². The molecule has 28 heavy (non-hydrogen) atoms. The van der Waals surface area contributed by atoms with Crippen LogP contribution in [0.1, 0.15) is 42.1 Å². The Labute approximate surface area is 165 Å². The summed E-state index contributed by atoms with van der Waals surface area (Å²) in [5.74, 6) is -0.584. The molecule has 6 nitrogen and oxygen atoms in total. The maximum Gasteiger partial charge on any atom is 0.347 e. The Balaban J connectivity index is 1.81.